The molecule has 3 rings (SSSR count). The SMILES string of the molecule is CN(CN1C(=O)C(=O)c2c(Cl)ccc(F)c21)[C@H]1CCS(=O)(=O)C1. The Morgan fingerprint density at radius 3 is 2.70 bits per heavy atom. The van der Waals surface area contributed by atoms with Gasteiger partial charge >= 0.3 is 5.91 Å². The molecule has 0 aromatic heterocycles. The van der Waals surface area contributed by atoms with E-state index in [0.717, 1.165) is 11.0 Å². The molecule has 2 aliphatic rings. The van der Waals surface area contributed by atoms with E-state index in [1.54, 1.807) is 11.9 Å². The Labute approximate surface area is 137 Å². The van der Waals surface area contributed by atoms with Gasteiger partial charge < -0.3 is 0 Å². The molecule has 0 spiro atoms. The number of halogens is 2. The third-order valence-electron chi connectivity index (χ3n) is 4.21. The standard InChI is InChI=1S/C14H14ClFN2O4S/c1-17(8-4-5-23(21,22)6-8)7-18-12-10(16)3-2-9(15)11(12)13(19)14(18)20/h2-3,8H,4-7H2,1H3/t8-/m0/s1. The van der Waals surface area contributed by atoms with Crippen molar-refractivity contribution in [3.63, 3.8) is 0 Å². The first-order valence-electron chi connectivity index (χ1n) is 6.96. The Hall–Kier alpha value is -1.51. The van der Waals surface area contributed by atoms with Gasteiger partial charge in [0.2, 0.25) is 0 Å². The molecule has 0 unspecified atom stereocenters. The molecule has 1 aromatic rings. The molecule has 6 nitrogen and oxygen atoms in total. The molecule has 0 radical (unpaired) electrons. The Morgan fingerprint density at radius 2 is 2.09 bits per heavy atom. The van der Waals surface area contributed by atoms with Gasteiger partial charge in [-0.05, 0) is 25.6 Å². The normalized spacial score (nSPS) is 23.0. The van der Waals surface area contributed by atoms with Gasteiger partial charge in [0.05, 0.1) is 34.4 Å². The smallest absolute Gasteiger partial charge is 0.288 e. The van der Waals surface area contributed by atoms with E-state index in [-0.39, 0.29) is 40.5 Å². The fourth-order valence-corrected chi connectivity index (χ4v) is 4.99. The van der Waals surface area contributed by atoms with Crippen LogP contribution in [0.15, 0.2) is 12.1 Å². The lowest BCUT2D eigenvalue weighted by Crippen LogP contribution is -2.44. The number of carbonyl (C=O) groups is 2. The topological polar surface area (TPSA) is 74.8 Å². The lowest BCUT2D eigenvalue weighted by atomic mass is 10.1. The van der Waals surface area contributed by atoms with Gasteiger partial charge in [0.15, 0.2) is 9.84 Å². The Morgan fingerprint density at radius 1 is 1.39 bits per heavy atom. The quantitative estimate of drug-likeness (QED) is 0.754. The van der Waals surface area contributed by atoms with Crippen molar-refractivity contribution >= 4 is 38.8 Å². The Bertz CT molecular complexity index is 811. The zero-order valence-corrected chi connectivity index (χ0v) is 13.8. The van der Waals surface area contributed by atoms with E-state index < -0.39 is 27.3 Å². The number of Topliss-reactive ketones (excluding diaryl/α,β-unsaturated/α-hetero) is 1. The summed E-state index contributed by atoms with van der Waals surface area (Å²) in [4.78, 5) is 26.8. The van der Waals surface area contributed by atoms with E-state index in [1.165, 1.54) is 6.07 Å². The van der Waals surface area contributed by atoms with Gasteiger partial charge in [-0.15, -0.1) is 0 Å². The number of carbonyl (C=O) groups excluding carboxylic acids is 2. The molecule has 1 saturated heterocycles. The molecule has 2 aliphatic heterocycles. The molecule has 2 heterocycles. The van der Waals surface area contributed by atoms with Gasteiger partial charge in [0.1, 0.15) is 5.82 Å². The number of nitrogens with zero attached hydrogens (tertiary/aromatic N) is 2. The van der Waals surface area contributed by atoms with Crippen molar-refractivity contribution in [3.8, 4) is 0 Å². The highest BCUT2D eigenvalue weighted by atomic mass is 35.5. The van der Waals surface area contributed by atoms with Crippen LogP contribution in [0, 0.1) is 5.82 Å². The van der Waals surface area contributed by atoms with E-state index in [4.69, 9.17) is 11.6 Å². The monoisotopic (exact) mass is 360 g/mol. The minimum absolute atomic E-state index is 0.00956. The lowest BCUT2D eigenvalue weighted by Gasteiger charge is -2.28. The number of anilines is 1. The fraction of sp³-hybridized carbons (Fsp3) is 0.429. The highest BCUT2D eigenvalue weighted by molar-refractivity contribution is 7.91. The Balaban J connectivity index is 1.89. The summed E-state index contributed by atoms with van der Waals surface area (Å²) in [5.74, 6) is -2.34. The van der Waals surface area contributed by atoms with Crippen molar-refractivity contribution in [2.24, 2.45) is 0 Å². The summed E-state index contributed by atoms with van der Waals surface area (Å²) in [5, 5.41) is 0.0216. The number of fused-ring (bicyclic) bond motifs is 1. The van der Waals surface area contributed by atoms with E-state index in [0.29, 0.717) is 6.42 Å². The third kappa shape index (κ3) is 2.75. The number of rotatable bonds is 3. The largest absolute Gasteiger partial charge is 0.300 e. The number of ketones is 1. The molecule has 1 atom stereocenters. The van der Waals surface area contributed by atoms with E-state index in [1.807, 2.05) is 0 Å². The van der Waals surface area contributed by atoms with Crippen LogP contribution in [0.4, 0.5) is 10.1 Å². The van der Waals surface area contributed by atoms with Crippen molar-refractivity contribution in [3.05, 3.63) is 28.5 Å². The van der Waals surface area contributed by atoms with Crippen LogP contribution in [0.3, 0.4) is 0 Å². The summed E-state index contributed by atoms with van der Waals surface area (Å²) in [6, 6.07) is 2.06. The number of hydrogen-bond donors (Lipinski definition) is 0. The average Bonchev–Trinajstić information content (AvgIpc) is 2.96. The van der Waals surface area contributed by atoms with E-state index in [9.17, 15) is 22.4 Å². The Kier molecular flexibility index (Phi) is 3.94. The third-order valence-corrected chi connectivity index (χ3v) is 6.28. The molecule has 1 aromatic carbocycles. The first kappa shape index (κ1) is 16.4. The van der Waals surface area contributed by atoms with Crippen molar-refractivity contribution < 1.29 is 22.4 Å². The van der Waals surface area contributed by atoms with Gasteiger partial charge in [-0.1, -0.05) is 11.6 Å². The molecular formula is C14H14ClFN2O4S. The minimum atomic E-state index is -3.08. The fourth-order valence-electron chi connectivity index (χ4n) is 2.95. The van der Waals surface area contributed by atoms with Crippen LogP contribution in [0.25, 0.3) is 0 Å². The predicted octanol–water partition coefficient (Wildman–Crippen LogP) is 1.08. The molecule has 0 aliphatic carbocycles. The zero-order chi connectivity index (χ0) is 16.9. The average molecular weight is 361 g/mol. The first-order chi connectivity index (χ1) is 10.7. The number of hydrogen-bond acceptors (Lipinski definition) is 5. The summed E-state index contributed by atoms with van der Waals surface area (Å²) in [6.45, 7) is -0.0744. The van der Waals surface area contributed by atoms with E-state index in [2.05, 4.69) is 0 Å². The van der Waals surface area contributed by atoms with Crippen molar-refractivity contribution in [2.45, 2.75) is 12.5 Å². The number of benzene rings is 1. The number of sulfone groups is 1. The second-order valence-electron chi connectivity index (χ2n) is 5.77. The lowest BCUT2D eigenvalue weighted by molar-refractivity contribution is -0.114. The van der Waals surface area contributed by atoms with Crippen LogP contribution in [0.2, 0.25) is 5.02 Å². The maximum Gasteiger partial charge on any atom is 0.300 e. The zero-order valence-electron chi connectivity index (χ0n) is 12.3. The predicted molar refractivity (Wildman–Crippen MR) is 82.9 cm³/mol. The molecule has 124 valence electrons. The van der Waals surface area contributed by atoms with Gasteiger partial charge in [-0.3, -0.25) is 19.4 Å². The first-order valence-corrected chi connectivity index (χ1v) is 9.16. The van der Waals surface area contributed by atoms with Crippen LogP contribution in [-0.4, -0.2) is 56.3 Å². The molecular weight excluding hydrogens is 347 g/mol. The highest BCUT2D eigenvalue weighted by Gasteiger charge is 2.41. The molecule has 1 amide bonds. The van der Waals surface area contributed by atoms with Gasteiger partial charge in [0.25, 0.3) is 5.78 Å². The molecule has 0 N–H and O–H groups in total. The van der Waals surface area contributed by atoms with Gasteiger partial charge in [-0.2, -0.15) is 0 Å². The van der Waals surface area contributed by atoms with Crippen LogP contribution >= 0.6 is 11.6 Å². The van der Waals surface area contributed by atoms with Gasteiger partial charge in [0, 0.05) is 6.04 Å². The van der Waals surface area contributed by atoms with Crippen molar-refractivity contribution in [1.82, 2.24) is 4.90 Å². The maximum absolute atomic E-state index is 14.1. The van der Waals surface area contributed by atoms with Crippen LogP contribution in [-0.2, 0) is 14.6 Å². The van der Waals surface area contributed by atoms with Crippen molar-refractivity contribution in [1.29, 1.82) is 0 Å². The second kappa shape index (κ2) is 5.54. The minimum Gasteiger partial charge on any atom is -0.288 e. The summed E-state index contributed by atoms with van der Waals surface area (Å²) in [7, 11) is -1.44. The second-order valence-corrected chi connectivity index (χ2v) is 8.41. The van der Waals surface area contributed by atoms with Crippen molar-refractivity contribution in [2.75, 3.05) is 30.1 Å². The number of amides is 1. The van der Waals surface area contributed by atoms with Crippen LogP contribution in [0.5, 0.6) is 0 Å². The van der Waals surface area contributed by atoms with Crippen LogP contribution < -0.4 is 4.90 Å². The van der Waals surface area contributed by atoms with E-state index >= 15 is 0 Å². The molecule has 0 saturated carbocycles. The molecule has 23 heavy (non-hydrogen) atoms. The maximum atomic E-state index is 14.1. The summed E-state index contributed by atoms with van der Waals surface area (Å²) in [6.07, 6.45) is 0.444. The summed E-state index contributed by atoms with van der Waals surface area (Å²) < 4.78 is 37.2. The molecule has 0 bridgehead atoms. The summed E-state index contributed by atoms with van der Waals surface area (Å²) >= 11 is 5.91. The molecule has 1 fully saturated rings. The summed E-state index contributed by atoms with van der Waals surface area (Å²) in [5.41, 5.74) is -0.274. The molecule has 9 heteroatoms. The van der Waals surface area contributed by atoms with Gasteiger partial charge in [-0.25, -0.2) is 12.8 Å². The van der Waals surface area contributed by atoms with Crippen LogP contribution in [0.1, 0.15) is 16.8 Å². The highest BCUT2D eigenvalue weighted by Crippen LogP contribution is 2.36.